The zero-order valence-electron chi connectivity index (χ0n) is 13.9. The number of rotatable bonds is 2. The summed E-state index contributed by atoms with van der Waals surface area (Å²) in [5.74, 6) is 1.33. The Bertz CT molecular complexity index is 762. The molecule has 2 aliphatic heterocycles. The number of anilines is 1. The highest BCUT2D eigenvalue weighted by Crippen LogP contribution is 2.37. The van der Waals surface area contributed by atoms with Crippen molar-refractivity contribution >= 4 is 46.0 Å². The molecule has 0 aliphatic carbocycles. The Labute approximate surface area is 147 Å². The van der Waals surface area contributed by atoms with Gasteiger partial charge in [0.2, 0.25) is 0 Å². The lowest BCUT2D eigenvalue weighted by Crippen LogP contribution is -2.37. The molecule has 1 aromatic heterocycles. The topological polar surface area (TPSA) is 17.4 Å². The van der Waals surface area contributed by atoms with E-state index in [-0.39, 0.29) is 0 Å². The van der Waals surface area contributed by atoms with Gasteiger partial charge in [-0.2, -0.15) is 0 Å². The van der Waals surface area contributed by atoms with Crippen LogP contribution >= 0.6 is 15.9 Å². The average molecular weight is 373 g/mol. The summed E-state index contributed by atoms with van der Waals surface area (Å²) in [5.41, 5.74) is 5.01. The van der Waals surface area contributed by atoms with Gasteiger partial charge in [-0.1, -0.05) is 21.4 Å². The number of piperidine rings is 1. The third kappa shape index (κ3) is 2.35. The van der Waals surface area contributed by atoms with Gasteiger partial charge in [-0.05, 0) is 55.2 Å². The van der Waals surface area contributed by atoms with Crippen LogP contribution in [0.4, 0.5) is 5.82 Å². The quantitative estimate of drug-likeness (QED) is 0.753. The van der Waals surface area contributed by atoms with E-state index in [1.165, 1.54) is 34.3 Å². The number of benzene rings is 1. The van der Waals surface area contributed by atoms with Crippen LogP contribution in [0.3, 0.4) is 0 Å². The fourth-order valence-electron chi connectivity index (χ4n) is 4.23. The smallest absolute Gasteiger partial charge is 0.116 e. The normalized spacial score (nSPS) is 18.8. The molecule has 5 heteroatoms. The van der Waals surface area contributed by atoms with E-state index < -0.39 is 0 Å². The summed E-state index contributed by atoms with van der Waals surface area (Å²) in [6.45, 7) is 5.40. The lowest BCUT2D eigenvalue weighted by Gasteiger charge is -2.34. The van der Waals surface area contributed by atoms with Crippen LogP contribution in [-0.4, -0.2) is 38.7 Å². The Morgan fingerprint density at radius 1 is 1.26 bits per heavy atom. The lowest BCUT2D eigenvalue weighted by atomic mass is 9.86. The molecule has 3 heterocycles. The molecule has 0 N–H and O–H groups in total. The Hall–Kier alpha value is -0.935. The maximum Gasteiger partial charge on any atom is 0.116 e. The molecule has 2 aliphatic rings. The van der Waals surface area contributed by atoms with Gasteiger partial charge in [0.25, 0.3) is 0 Å². The highest BCUT2D eigenvalue weighted by Gasteiger charge is 2.26. The van der Waals surface area contributed by atoms with E-state index >= 15 is 0 Å². The first-order chi connectivity index (χ1) is 11.1. The van der Waals surface area contributed by atoms with Gasteiger partial charge in [-0.15, -0.1) is 0 Å². The number of hydrogen-bond donors (Lipinski definition) is 0. The molecule has 0 amide bonds. The first-order valence-electron chi connectivity index (χ1n) is 8.49. The van der Waals surface area contributed by atoms with E-state index in [2.05, 4.69) is 38.4 Å². The molecule has 0 spiro atoms. The minimum atomic E-state index is 0.411. The maximum atomic E-state index is 6.42. The monoisotopic (exact) mass is 372 g/mol. The van der Waals surface area contributed by atoms with Crippen LogP contribution in [0.25, 0.3) is 10.9 Å². The predicted molar refractivity (Wildman–Crippen MR) is 100 cm³/mol. The number of ether oxygens (including phenoxy) is 1. The predicted octanol–water partition coefficient (Wildman–Crippen LogP) is 3.07. The van der Waals surface area contributed by atoms with Gasteiger partial charge in [0, 0.05) is 31.2 Å². The molecule has 1 aromatic carbocycles. The second kappa shape index (κ2) is 5.85. The van der Waals surface area contributed by atoms with Crippen LogP contribution in [0.1, 0.15) is 30.4 Å². The molecule has 0 saturated carbocycles. The number of aryl methyl sites for hydroxylation is 2. The molecule has 1 fully saturated rings. The van der Waals surface area contributed by atoms with Crippen molar-refractivity contribution in [1.29, 1.82) is 0 Å². The molecule has 23 heavy (non-hydrogen) atoms. The van der Waals surface area contributed by atoms with Gasteiger partial charge >= 0.3 is 0 Å². The maximum absolute atomic E-state index is 6.42. The number of hydrogen-bond acceptors (Lipinski definition) is 2. The van der Waals surface area contributed by atoms with Crippen molar-refractivity contribution in [1.82, 2.24) is 4.57 Å². The molecule has 3 nitrogen and oxygen atoms in total. The van der Waals surface area contributed by atoms with E-state index in [4.69, 9.17) is 12.6 Å². The second-order valence-corrected chi connectivity index (χ2v) is 7.57. The molecule has 2 radical (unpaired) electrons. The van der Waals surface area contributed by atoms with Crippen molar-refractivity contribution in [3.8, 4) is 0 Å². The van der Waals surface area contributed by atoms with E-state index in [1.807, 2.05) is 7.11 Å². The zero-order chi connectivity index (χ0) is 16.1. The second-order valence-electron chi connectivity index (χ2n) is 6.77. The average Bonchev–Trinajstić information content (AvgIpc) is 2.98. The van der Waals surface area contributed by atoms with Gasteiger partial charge < -0.3 is 14.2 Å². The number of methoxy groups -OCH3 is 1. The summed E-state index contributed by atoms with van der Waals surface area (Å²) in [6, 6.07) is 2.30. The van der Waals surface area contributed by atoms with Gasteiger partial charge in [0.05, 0.1) is 11.6 Å². The van der Waals surface area contributed by atoms with Crippen molar-refractivity contribution in [2.24, 2.45) is 0 Å². The molecule has 1 saturated heterocycles. The highest BCUT2D eigenvalue weighted by atomic mass is 79.9. The summed E-state index contributed by atoms with van der Waals surface area (Å²) >= 11 is 3.70. The van der Waals surface area contributed by atoms with Crippen LogP contribution in [0.15, 0.2) is 10.5 Å². The third-order valence-electron chi connectivity index (χ3n) is 5.58. The van der Waals surface area contributed by atoms with Crippen molar-refractivity contribution in [2.75, 3.05) is 25.1 Å². The molecule has 0 atom stereocenters. The minimum Gasteiger partial charge on any atom is -0.381 e. The summed E-state index contributed by atoms with van der Waals surface area (Å²) in [5, 5.41) is 1.21. The molecule has 120 valence electrons. The van der Waals surface area contributed by atoms with Gasteiger partial charge in [0.1, 0.15) is 13.7 Å². The van der Waals surface area contributed by atoms with Crippen LogP contribution in [0.2, 0.25) is 0 Å². The fourth-order valence-corrected chi connectivity index (χ4v) is 4.68. The van der Waals surface area contributed by atoms with Crippen molar-refractivity contribution < 1.29 is 4.74 Å². The Balaban J connectivity index is 1.84. The summed E-state index contributed by atoms with van der Waals surface area (Å²) in [6.07, 6.45) is 4.96. The van der Waals surface area contributed by atoms with Crippen molar-refractivity contribution in [2.45, 2.75) is 45.3 Å². The lowest BCUT2D eigenvalue weighted by molar-refractivity contribution is 0.0817. The Morgan fingerprint density at radius 2 is 2.00 bits per heavy atom. The Kier molecular flexibility index (Phi) is 3.97. The SMILES string of the molecule is [B]c1c(Br)c(C)c2c3c1cc(N1CCC(OC)CC1)n3CCC2. The van der Waals surface area contributed by atoms with E-state index in [0.29, 0.717) is 6.10 Å². The standard InChI is InChI=1S/C18H22BBrN2O/c1-11-13-4-3-7-22-15(21-8-5-12(23-2)6-9-21)10-14(18(13)22)16(19)17(11)20/h10,12H,3-9H2,1-2H3. The van der Waals surface area contributed by atoms with Gasteiger partial charge in [-0.3, -0.25) is 0 Å². The van der Waals surface area contributed by atoms with Crippen molar-refractivity contribution in [3.05, 3.63) is 21.7 Å². The van der Waals surface area contributed by atoms with Crippen LogP contribution in [-0.2, 0) is 17.7 Å². The number of halogens is 1. The van der Waals surface area contributed by atoms with E-state index in [9.17, 15) is 0 Å². The van der Waals surface area contributed by atoms with Crippen LogP contribution in [0, 0.1) is 6.92 Å². The fraction of sp³-hybridized carbons (Fsp3) is 0.556. The minimum absolute atomic E-state index is 0.411. The van der Waals surface area contributed by atoms with Gasteiger partial charge in [0.15, 0.2) is 0 Å². The zero-order valence-corrected chi connectivity index (χ0v) is 15.4. The Morgan fingerprint density at radius 3 is 2.70 bits per heavy atom. The third-order valence-corrected chi connectivity index (χ3v) is 6.60. The molecule has 0 bridgehead atoms. The molecular weight excluding hydrogens is 351 g/mol. The molecule has 2 aromatic rings. The first kappa shape index (κ1) is 15.6. The van der Waals surface area contributed by atoms with Crippen LogP contribution in [0.5, 0.6) is 0 Å². The summed E-state index contributed by atoms with van der Waals surface area (Å²) < 4.78 is 9.08. The molecule has 0 unspecified atom stereocenters. The van der Waals surface area contributed by atoms with Gasteiger partial charge in [-0.25, -0.2) is 0 Å². The van der Waals surface area contributed by atoms with E-state index in [1.54, 1.807) is 0 Å². The number of aromatic nitrogens is 1. The summed E-state index contributed by atoms with van der Waals surface area (Å²) in [4.78, 5) is 2.51. The first-order valence-corrected chi connectivity index (χ1v) is 9.28. The van der Waals surface area contributed by atoms with Crippen molar-refractivity contribution in [3.63, 3.8) is 0 Å². The van der Waals surface area contributed by atoms with Crippen LogP contribution < -0.4 is 10.4 Å². The molecular formula is C18H22BBrN2O. The largest absolute Gasteiger partial charge is 0.381 e. The number of nitrogens with zero attached hydrogens (tertiary/aromatic N) is 2. The molecule has 4 rings (SSSR count). The highest BCUT2D eigenvalue weighted by molar-refractivity contribution is 9.10. The summed E-state index contributed by atoms with van der Waals surface area (Å²) in [7, 11) is 8.25. The van der Waals surface area contributed by atoms with E-state index in [0.717, 1.165) is 48.8 Å².